The number of benzene rings is 1. The summed E-state index contributed by atoms with van der Waals surface area (Å²) >= 11 is 0. The van der Waals surface area contributed by atoms with Crippen LogP contribution in [0.1, 0.15) is 57.9 Å². The van der Waals surface area contributed by atoms with Crippen LogP contribution in [0.25, 0.3) is 0 Å². The molecule has 1 rings (SSSR count). The van der Waals surface area contributed by atoms with Gasteiger partial charge in [-0.25, -0.2) is 0 Å². The fourth-order valence-electron chi connectivity index (χ4n) is 1.95. The Balaban J connectivity index is 2.77. The monoisotopic (exact) mass is 279 g/mol. The average Bonchev–Trinajstić information content (AvgIpc) is 2.46. The van der Waals surface area contributed by atoms with E-state index in [0.29, 0.717) is 30.1 Å². The van der Waals surface area contributed by atoms with Gasteiger partial charge in [-0.1, -0.05) is 38.3 Å². The van der Waals surface area contributed by atoms with Crippen molar-refractivity contribution in [3.63, 3.8) is 0 Å². The lowest BCUT2D eigenvalue weighted by atomic mass is 10.0. The van der Waals surface area contributed by atoms with E-state index in [1.807, 2.05) is 0 Å². The average molecular weight is 279 g/mol. The normalized spacial score (nSPS) is 11.6. The maximum absolute atomic E-state index is 9.92. The third-order valence-electron chi connectivity index (χ3n) is 3.18. The molecule has 0 aromatic heterocycles. The summed E-state index contributed by atoms with van der Waals surface area (Å²) in [6.07, 6.45) is 5.84. The lowest BCUT2D eigenvalue weighted by molar-refractivity contribution is 0.308. The van der Waals surface area contributed by atoms with Gasteiger partial charge < -0.3 is 15.1 Å². The zero-order chi connectivity index (χ0) is 14.8. The summed E-state index contributed by atoms with van der Waals surface area (Å²) < 4.78 is 5.61. The fraction of sp³-hybridized carbons (Fsp3) is 0.562. The van der Waals surface area contributed by atoms with Crippen LogP contribution in [0.5, 0.6) is 11.5 Å². The second-order valence-corrected chi connectivity index (χ2v) is 4.88. The first-order valence-corrected chi connectivity index (χ1v) is 7.40. The first kappa shape index (κ1) is 16.3. The van der Waals surface area contributed by atoms with Gasteiger partial charge in [0, 0.05) is 5.56 Å². The van der Waals surface area contributed by atoms with Gasteiger partial charge in [0.1, 0.15) is 11.5 Å². The van der Waals surface area contributed by atoms with Gasteiger partial charge in [0.05, 0.1) is 12.3 Å². The van der Waals surface area contributed by atoms with E-state index in [2.05, 4.69) is 19.0 Å². The Labute approximate surface area is 121 Å². The second-order valence-electron chi connectivity index (χ2n) is 4.88. The van der Waals surface area contributed by atoms with E-state index in [1.54, 1.807) is 18.2 Å². The van der Waals surface area contributed by atoms with Crippen molar-refractivity contribution in [2.24, 2.45) is 5.16 Å². The first-order chi connectivity index (χ1) is 9.72. The molecule has 0 amide bonds. The highest BCUT2D eigenvalue weighted by Gasteiger charge is 2.11. The van der Waals surface area contributed by atoms with E-state index in [-0.39, 0.29) is 5.75 Å². The molecule has 4 nitrogen and oxygen atoms in total. The van der Waals surface area contributed by atoms with Crippen molar-refractivity contribution in [1.82, 2.24) is 0 Å². The largest absolute Gasteiger partial charge is 0.507 e. The molecule has 20 heavy (non-hydrogen) atoms. The highest BCUT2D eigenvalue weighted by atomic mass is 16.5. The molecule has 0 fully saturated rings. The van der Waals surface area contributed by atoms with E-state index in [1.165, 1.54) is 0 Å². The molecule has 0 aliphatic heterocycles. The number of nitrogens with zero attached hydrogens (tertiary/aromatic N) is 1. The number of oxime groups is 1. The molecule has 0 spiro atoms. The van der Waals surface area contributed by atoms with Gasteiger partial charge >= 0.3 is 0 Å². The molecule has 2 N–H and O–H groups in total. The number of phenols is 1. The summed E-state index contributed by atoms with van der Waals surface area (Å²) in [7, 11) is 0. The van der Waals surface area contributed by atoms with Gasteiger partial charge in [0.15, 0.2) is 0 Å². The van der Waals surface area contributed by atoms with Gasteiger partial charge in [0.25, 0.3) is 0 Å². The molecule has 1 aromatic carbocycles. The second kappa shape index (κ2) is 9.23. The van der Waals surface area contributed by atoms with Crippen molar-refractivity contribution < 1.29 is 15.1 Å². The number of hydrogen-bond donors (Lipinski definition) is 2. The van der Waals surface area contributed by atoms with Crippen LogP contribution in [0.2, 0.25) is 0 Å². The summed E-state index contributed by atoms with van der Waals surface area (Å²) in [6, 6.07) is 5.06. The Kier molecular flexibility index (Phi) is 7.55. The number of ether oxygens (including phenoxy) is 1. The Bertz CT molecular complexity index is 430. The highest BCUT2D eigenvalue weighted by molar-refractivity contribution is 6.02. The number of unbranched alkanes of at least 4 members (excludes halogenated alkanes) is 3. The molecule has 0 bridgehead atoms. The maximum atomic E-state index is 9.92. The van der Waals surface area contributed by atoms with E-state index in [4.69, 9.17) is 9.94 Å². The molecule has 0 saturated carbocycles. The molecule has 0 saturated heterocycles. The zero-order valence-electron chi connectivity index (χ0n) is 12.4. The van der Waals surface area contributed by atoms with E-state index < -0.39 is 0 Å². The SMILES string of the molecule is CCCCC/C(=N/O)c1cc(OCCCC)ccc1O. The van der Waals surface area contributed by atoms with Crippen molar-refractivity contribution in [1.29, 1.82) is 0 Å². The standard InChI is InChI=1S/C16H25NO3/c1-3-5-7-8-15(17-19)14-12-13(9-10-16(14)18)20-11-6-4-2/h9-10,12,18-19H,3-8,11H2,1-2H3/b17-15-. The molecular formula is C16H25NO3. The van der Waals surface area contributed by atoms with Crippen LogP contribution in [0.15, 0.2) is 23.4 Å². The van der Waals surface area contributed by atoms with Gasteiger partial charge in [-0.3, -0.25) is 0 Å². The summed E-state index contributed by atoms with van der Waals surface area (Å²) in [4.78, 5) is 0. The highest BCUT2D eigenvalue weighted by Crippen LogP contribution is 2.25. The van der Waals surface area contributed by atoms with Crippen LogP contribution in [-0.2, 0) is 0 Å². The van der Waals surface area contributed by atoms with Crippen molar-refractivity contribution in [2.45, 2.75) is 52.4 Å². The van der Waals surface area contributed by atoms with E-state index >= 15 is 0 Å². The topological polar surface area (TPSA) is 62.1 Å². The van der Waals surface area contributed by atoms with Crippen LogP contribution in [-0.4, -0.2) is 22.6 Å². The molecule has 0 unspecified atom stereocenters. The number of rotatable bonds is 9. The molecule has 1 aromatic rings. The predicted molar refractivity (Wildman–Crippen MR) is 81.0 cm³/mol. The Morgan fingerprint density at radius 3 is 2.55 bits per heavy atom. The molecule has 0 aliphatic rings. The Morgan fingerprint density at radius 2 is 1.90 bits per heavy atom. The lowest BCUT2D eigenvalue weighted by Gasteiger charge is -2.10. The summed E-state index contributed by atoms with van der Waals surface area (Å²) in [5.41, 5.74) is 1.06. The van der Waals surface area contributed by atoms with Gasteiger partial charge in [0.2, 0.25) is 0 Å². The van der Waals surface area contributed by atoms with Gasteiger partial charge in [-0.2, -0.15) is 0 Å². The Morgan fingerprint density at radius 1 is 1.15 bits per heavy atom. The number of phenolic OH excluding ortho intramolecular Hbond substituents is 1. The minimum absolute atomic E-state index is 0.122. The van der Waals surface area contributed by atoms with Crippen LogP contribution >= 0.6 is 0 Å². The minimum Gasteiger partial charge on any atom is -0.507 e. The summed E-state index contributed by atoms with van der Waals surface area (Å²) in [6.45, 7) is 4.88. The van der Waals surface area contributed by atoms with Gasteiger partial charge in [-0.05, 0) is 37.5 Å². The molecule has 0 aliphatic carbocycles. The third-order valence-corrected chi connectivity index (χ3v) is 3.18. The molecule has 0 heterocycles. The van der Waals surface area contributed by atoms with Crippen molar-refractivity contribution in [3.05, 3.63) is 23.8 Å². The maximum Gasteiger partial charge on any atom is 0.125 e. The molecule has 112 valence electrons. The van der Waals surface area contributed by atoms with E-state index in [9.17, 15) is 5.11 Å². The number of aromatic hydroxyl groups is 1. The van der Waals surface area contributed by atoms with Crippen LogP contribution in [0.4, 0.5) is 0 Å². The summed E-state index contributed by atoms with van der Waals surface area (Å²) in [5.74, 6) is 0.819. The fourth-order valence-corrected chi connectivity index (χ4v) is 1.95. The smallest absolute Gasteiger partial charge is 0.125 e. The molecule has 4 heteroatoms. The minimum atomic E-state index is 0.122. The van der Waals surface area contributed by atoms with Crippen LogP contribution in [0.3, 0.4) is 0 Å². The molecule has 0 atom stereocenters. The molecule has 0 radical (unpaired) electrons. The van der Waals surface area contributed by atoms with Gasteiger partial charge in [-0.15, -0.1) is 0 Å². The van der Waals surface area contributed by atoms with E-state index in [0.717, 1.165) is 32.1 Å². The quantitative estimate of drug-likeness (QED) is 0.306. The van der Waals surface area contributed by atoms with Crippen molar-refractivity contribution in [2.75, 3.05) is 6.61 Å². The predicted octanol–water partition coefficient (Wildman–Crippen LogP) is 4.33. The summed E-state index contributed by atoms with van der Waals surface area (Å²) in [5, 5.41) is 22.4. The zero-order valence-corrected chi connectivity index (χ0v) is 12.4. The molecular weight excluding hydrogens is 254 g/mol. The Hall–Kier alpha value is -1.71. The van der Waals surface area contributed by atoms with Crippen LogP contribution < -0.4 is 4.74 Å². The first-order valence-electron chi connectivity index (χ1n) is 7.40. The third kappa shape index (κ3) is 5.11. The lowest BCUT2D eigenvalue weighted by Crippen LogP contribution is -2.03. The van der Waals surface area contributed by atoms with Crippen LogP contribution in [0, 0.1) is 0 Å². The van der Waals surface area contributed by atoms with Crippen molar-refractivity contribution >= 4 is 5.71 Å². The van der Waals surface area contributed by atoms with Crippen molar-refractivity contribution in [3.8, 4) is 11.5 Å². The number of hydrogen-bond acceptors (Lipinski definition) is 4.